The number of benzene rings is 2. The number of phenolic OH excluding ortho intramolecular Hbond substituents is 1. The Kier molecular flexibility index (Phi) is 4.81. The molecule has 0 aliphatic carbocycles. The van der Waals surface area contributed by atoms with Crippen LogP contribution in [0.2, 0.25) is 0 Å². The van der Waals surface area contributed by atoms with Crippen LogP contribution < -0.4 is 4.74 Å². The standard InChI is InChI=1S/C15H13N3O4/c1-22-14-5-6-15(19)12(8-14)10-17-16-9-11-3-2-4-13(7-11)18(20)21/h2-10,19H,1H3. The lowest BCUT2D eigenvalue weighted by Gasteiger charge is -2.01. The van der Waals surface area contributed by atoms with Gasteiger partial charge in [0.1, 0.15) is 11.5 Å². The molecule has 2 aromatic carbocycles. The van der Waals surface area contributed by atoms with Gasteiger partial charge in [0.25, 0.3) is 5.69 Å². The average Bonchev–Trinajstić information content (AvgIpc) is 2.53. The zero-order valence-electron chi connectivity index (χ0n) is 11.7. The molecular weight excluding hydrogens is 286 g/mol. The van der Waals surface area contributed by atoms with Gasteiger partial charge in [-0.2, -0.15) is 10.2 Å². The Morgan fingerprint density at radius 3 is 2.68 bits per heavy atom. The Labute approximate surface area is 126 Å². The van der Waals surface area contributed by atoms with Crippen LogP contribution in [0.5, 0.6) is 11.5 Å². The molecule has 0 spiro atoms. The Morgan fingerprint density at radius 1 is 1.18 bits per heavy atom. The van der Waals surface area contributed by atoms with E-state index >= 15 is 0 Å². The number of nitro benzene ring substituents is 1. The quantitative estimate of drug-likeness (QED) is 0.521. The molecule has 0 aromatic heterocycles. The molecule has 2 aromatic rings. The average molecular weight is 299 g/mol. The van der Waals surface area contributed by atoms with Crippen molar-refractivity contribution in [2.75, 3.05) is 7.11 Å². The van der Waals surface area contributed by atoms with Crippen molar-refractivity contribution in [3.8, 4) is 11.5 Å². The molecule has 22 heavy (non-hydrogen) atoms. The van der Waals surface area contributed by atoms with Gasteiger partial charge in [0.15, 0.2) is 0 Å². The number of methoxy groups -OCH3 is 1. The van der Waals surface area contributed by atoms with Crippen LogP contribution in [0.25, 0.3) is 0 Å². The maximum Gasteiger partial charge on any atom is 0.270 e. The fourth-order valence-electron chi connectivity index (χ4n) is 1.68. The lowest BCUT2D eigenvalue weighted by atomic mass is 10.2. The van der Waals surface area contributed by atoms with E-state index in [-0.39, 0.29) is 11.4 Å². The Hall–Kier alpha value is -3.22. The number of ether oxygens (including phenoxy) is 1. The number of non-ortho nitro benzene ring substituents is 1. The fourth-order valence-corrected chi connectivity index (χ4v) is 1.68. The van der Waals surface area contributed by atoms with Gasteiger partial charge < -0.3 is 9.84 Å². The van der Waals surface area contributed by atoms with Gasteiger partial charge in [0.05, 0.1) is 24.5 Å². The molecule has 0 bridgehead atoms. The van der Waals surface area contributed by atoms with E-state index in [1.165, 1.54) is 37.7 Å². The minimum Gasteiger partial charge on any atom is -0.507 e. The summed E-state index contributed by atoms with van der Waals surface area (Å²) < 4.78 is 5.05. The van der Waals surface area contributed by atoms with Gasteiger partial charge in [-0.15, -0.1) is 0 Å². The highest BCUT2D eigenvalue weighted by Gasteiger charge is 2.03. The van der Waals surface area contributed by atoms with Gasteiger partial charge >= 0.3 is 0 Å². The van der Waals surface area contributed by atoms with Crippen molar-refractivity contribution in [2.45, 2.75) is 0 Å². The maximum absolute atomic E-state index is 10.7. The summed E-state index contributed by atoms with van der Waals surface area (Å²) in [4.78, 5) is 10.2. The Balaban J connectivity index is 2.12. The molecule has 0 heterocycles. The topological polar surface area (TPSA) is 97.3 Å². The van der Waals surface area contributed by atoms with Crippen molar-refractivity contribution in [3.63, 3.8) is 0 Å². The van der Waals surface area contributed by atoms with Gasteiger partial charge in [-0.1, -0.05) is 12.1 Å². The highest BCUT2D eigenvalue weighted by Crippen LogP contribution is 2.21. The molecule has 0 saturated carbocycles. The first-order chi connectivity index (χ1) is 10.6. The Bertz CT molecular complexity index is 741. The van der Waals surface area contributed by atoms with E-state index < -0.39 is 4.92 Å². The maximum atomic E-state index is 10.7. The highest BCUT2D eigenvalue weighted by atomic mass is 16.6. The van der Waals surface area contributed by atoms with Crippen LogP contribution in [0.1, 0.15) is 11.1 Å². The lowest BCUT2D eigenvalue weighted by Crippen LogP contribution is -1.89. The zero-order chi connectivity index (χ0) is 15.9. The predicted octanol–water partition coefficient (Wildman–Crippen LogP) is 2.76. The number of aromatic hydroxyl groups is 1. The highest BCUT2D eigenvalue weighted by molar-refractivity contribution is 5.85. The first kappa shape index (κ1) is 15.2. The summed E-state index contributed by atoms with van der Waals surface area (Å²) in [5, 5.41) is 27.9. The predicted molar refractivity (Wildman–Crippen MR) is 82.9 cm³/mol. The summed E-state index contributed by atoms with van der Waals surface area (Å²) in [7, 11) is 1.52. The summed E-state index contributed by atoms with van der Waals surface area (Å²) in [5.74, 6) is 0.636. The van der Waals surface area contributed by atoms with Gasteiger partial charge in [-0.3, -0.25) is 10.1 Å². The molecule has 0 unspecified atom stereocenters. The van der Waals surface area contributed by atoms with E-state index in [4.69, 9.17) is 4.74 Å². The number of rotatable bonds is 5. The largest absolute Gasteiger partial charge is 0.507 e. The van der Waals surface area contributed by atoms with Crippen LogP contribution in [-0.4, -0.2) is 29.6 Å². The van der Waals surface area contributed by atoms with E-state index in [1.807, 2.05) is 0 Å². The van der Waals surface area contributed by atoms with Crippen molar-refractivity contribution in [2.24, 2.45) is 10.2 Å². The van der Waals surface area contributed by atoms with E-state index in [2.05, 4.69) is 10.2 Å². The second-order valence-electron chi connectivity index (χ2n) is 4.27. The summed E-state index contributed by atoms with van der Waals surface area (Å²) >= 11 is 0. The normalized spacial score (nSPS) is 11.1. The van der Waals surface area contributed by atoms with Gasteiger partial charge in [0.2, 0.25) is 0 Å². The summed E-state index contributed by atoms with van der Waals surface area (Å²) in [5.41, 5.74) is 0.995. The van der Waals surface area contributed by atoms with Crippen LogP contribution >= 0.6 is 0 Å². The molecule has 0 fully saturated rings. The van der Waals surface area contributed by atoms with Crippen LogP contribution in [0, 0.1) is 10.1 Å². The van der Waals surface area contributed by atoms with Crippen LogP contribution in [0.15, 0.2) is 52.7 Å². The van der Waals surface area contributed by atoms with Crippen LogP contribution in [0.3, 0.4) is 0 Å². The number of hydrogen-bond donors (Lipinski definition) is 1. The lowest BCUT2D eigenvalue weighted by molar-refractivity contribution is -0.384. The van der Waals surface area contributed by atoms with Crippen molar-refractivity contribution in [3.05, 3.63) is 63.7 Å². The molecule has 7 heteroatoms. The van der Waals surface area contributed by atoms with Crippen LogP contribution in [0.4, 0.5) is 5.69 Å². The number of nitrogens with zero attached hydrogens (tertiary/aromatic N) is 3. The van der Waals surface area contributed by atoms with Crippen molar-refractivity contribution >= 4 is 18.1 Å². The number of phenols is 1. The SMILES string of the molecule is COc1ccc(O)c(C=NN=Cc2cccc([N+](=O)[O-])c2)c1. The summed E-state index contributed by atoms with van der Waals surface area (Å²) in [6, 6.07) is 10.8. The fraction of sp³-hybridized carbons (Fsp3) is 0.0667. The zero-order valence-corrected chi connectivity index (χ0v) is 11.7. The monoisotopic (exact) mass is 299 g/mol. The summed E-state index contributed by atoms with van der Waals surface area (Å²) in [6.45, 7) is 0. The third-order valence-corrected chi connectivity index (χ3v) is 2.79. The van der Waals surface area contributed by atoms with Gasteiger partial charge in [0, 0.05) is 23.3 Å². The van der Waals surface area contributed by atoms with Crippen molar-refractivity contribution in [1.82, 2.24) is 0 Å². The van der Waals surface area contributed by atoms with E-state index in [0.29, 0.717) is 16.9 Å². The summed E-state index contributed by atoms with van der Waals surface area (Å²) in [6.07, 6.45) is 2.76. The van der Waals surface area contributed by atoms with Crippen molar-refractivity contribution in [1.29, 1.82) is 0 Å². The van der Waals surface area contributed by atoms with Gasteiger partial charge in [-0.25, -0.2) is 0 Å². The smallest absolute Gasteiger partial charge is 0.270 e. The number of hydrogen-bond acceptors (Lipinski definition) is 6. The molecule has 0 aliphatic rings. The number of nitro groups is 1. The van der Waals surface area contributed by atoms with Crippen LogP contribution in [-0.2, 0) is 0 Å². The molecular formula is C15H13N3O4. The molecule has 0 saturated heterocycles. The molecule has 0 amide bonds. The minimum absolute atomic E-state index is 0.0154. The molecule has 0 atom stereocenters. The van der Waals surface area contributed by atoms with Crippen molar-refractivity contribution < 1.29 is 14.8 Å². The van der Waals surface area contributed by atoms with E-state index in [1.54, 1.807) is 24.3 Å². The van der Waals surface area contributed by atoms with E-state index in [9.17, 15) is 15.2 Å². The molecule has 0 radical (unpaired) electrons. The minimum atomic E-state index is -0.477. The second kappa shape index (κ2) is 6.98. The molecule has 112 valence electrons. The third-order valence-electron chi connectivity index (χ3n) is 2.79. The molecule has 0 aliphatic heterocycles. The third kappa shape index (κ3) is 3.89. The van der Waals surface area contributed by atoms with E-state index in [0.717, 1.165) is 0 Å². The molecule has 1 N–H and O–H groups in total. The van der Waals surface area contributed by atoms with Gasteiger partial charge in [-0.05, 0) is 18.2 Å². The second-order valence-corrected chi connectivity index (χ2v) is 4.27. The first-order valence-electron chi connectivity index (χ1n) is 6.28. The molecule has 2 rings (SSSR count). The first-order valence-corrected chi connectivity index (χ1v) is 6.28. The molecule has 7 nitrogen and oxygen atoms in total. The Morgan fingerprint density at radius 2 is 1.95 bits per heavy atom.